The Bertz CT molecular complexity index is 893. The molecule has 8 heteroatoms. The second kappa shape index (κ2) is 10.9. The topological polar surface area (TPSA) is 79.5 Å². The van der Waals surface area contributed by atoms with Crippen LogP contribution in [0.3, 0.4) is 0 Å². The Morgan fingerprint density at radius 2 is 2.13 bits per heavy atom. The number of thioether (sulfide) groups is 1. The second-order valence-electron chi connectivity index (χ2n) is 7.45. The maximum absolute atomic E-state index is 13.1. The Labute approximate surface area is 187 Å². The summed E-state index contributed by atoms with van der Waals surface area (Å²) in [5.74, 6) is 0.0495. The van der Waals surface area contributed by atoms with Gasteiger partial charge >= 0.3 is 5.97 Å². The van der Waals surface area contributed by atoms with Crippen LogP contribution >= 0.6 is 24.4 Å². The molecule has 1 fully saturated rings. The number of fused-ring (bicyclic) bond motifs is 1. The first kappa shape index (κ1) is 22.8. The standard InChI is InChI=1S/C22H29N3O3S2/c1-28-22(27)20(7-8-30-2)25-21(26)19-11-15(9-14-5-3-4-6-18(14)19)23-12-16-10-17(29)13-24-16/h3-6,9,11,16-17,20,23-24,29H,7-8,10,12-13H2,1-2H3,(H,25,26)/t16-,17-,20-/m0/s1. The van der Waals surface area contributed by atoms with E-state index < -0.39 is 12.0 Å². The molecule has 2 aromatic rings. The first-order valence-corrected chi connectivity index (χ1v) is 12.0. The normalized spacial score (nSPS) is 19.4. The lowest BCUT2D eigenvalue weighted by Gasteiger charge is -2.18. The molecule has 3 rings (SSSR count). The molecule has 1 aliphatic rings. The molecule has 0 bridgehead atoms. The number of nitrogens with one attached hydrogen (secondary N) is 3. The van der Waals surface area contributed by atoms with E-state index >= 15 is 0 Å². The lowest BCUT2D eigenvalue weighted by atomic mass is 10.0. The SMILES string of the molecule is COC(=O)[C@H](CCSC)NC(=O)c1cc(NC[C@@H]2C[C@H](S)CN2)cc2ccccc12. The van der Waals surface area contributed by atoms with E-state index in [9.17, 15) is 9.59 Å². The summed E-state index contributed by atoms with van der Waals surface area (Å²) in [4.78, 5) is 25.3. The number of hydrogen-bond acceptors (Lipinski definition) is 7. The Kier molecular flexibility index (Phi) is 8.30. The van der Waals surface area contributed by atoms with Gasteiger partial charge in [-0.1, -0.05) is 24.3 Å². The number of anilines is 1. The predicted octanol–water partition coefficient (Wildman–Crippen LogP) is 2.94. The van der Waals surface area contributed by atoms with Crippen molar-refractivity contribution in [3.63, 3.8) is 0 Å². The Morgan fingerprint density at radius 3 is 2.83 bits per heavy atom. The highest BCUT2D eigenvalue weighted by molar-refractivity contribution is 7.98. The largest absolute Gasteiger partial charge is 0.467 e. The molecule has 0 aliphatic carbocycles. The highest BCUT2D eigenvalue weighted by Gasteiger charge is 2.24. The minimum Gasteiger partial charge on any atom is -0.467 e. The van der Waals surface area contributed by atoms with Crippen molar-refractivity contribution in [2.45, 2.75) is 30.2 Å². The van der Waals surface area contributed by atoms with E-state index in [1.807, 2.05) is 42.7 Å². The molecule has 3 N–H and O–H groups in total. The van der Waals surface area contributed by atoms with E-state index in [1.165, 1.54) is 7.11 Å². The quantitative estimate of drug-likeness (QED) is 0.350. The summed E-state index contributed by atoms with van der Waals surface area (Å²) in [7, 11) is 1.34. The summed E-state index contributed by atoms with van der Waals surface area (Å²) in [5, 5.41) is 12.0. The molecule has 0 saturated carbocycles. The van der Waals surface area contributed by atoms with Gasteiger partial charge in [-0.3, -0.25) is 4.79 Å². The van der Waals surface area contributed by atoms with Crippen LogP contribution in [0.15, 0.2) is 36.4 Å². The zero-order chi connectivity index (χ0) is 21.5. The summed E-state index contributed by atoms with van der Waals surface area (Å²) in [6.07, 6.45) is 3.49. The van der Waals surface area contributed by atoms with Gasteiger partial charge in [0, 0.05) is 35.6 Å². The third-order valence-corrected chi connectivity index (χ3v) is 6.30. The number of esters is 1. The first-order chi connectivity index (χ1) is 14.5. The van der Waals surface area contributed by atoms with Crippen LogP contribution in [0.25, 0.3) is 10.8 Å². The molecule has 0 aromatic heterocycles. The van der Waals surface area contributed by atoms with Crippen LogP contribution in [0.4, 0.5) is 5.69 Å². The van der Waals surface area contributed by atoms with Crippen LogP contribution in [0.5, 0.6) is 0 Å². The molecular formula is C22H29N3O3S2. The summed E-state index contributed by atoms with van der Waals surface area (Å²) in [6, 6.07) is 11.4. The molecule has 0 radical (unpaired) electrons. The van der Waals surface area contributed by atoms with Crippen molar-refractivity contribution in [1.82, 2.24) is 10.6 Å². The highest BCUT2D eigenvalue weighted by Crippen LogP contribution is 2.25. The number of thiol groups is 1. The maximum Gasteiger partial charge on any atom is 0.328 e. The average molecular weight is 448 g/mol. The van der Waals surface area contributed by atoms with Crippen molar-refractivity contribution in [3.05, 3.63) is 42.0 Å². The molecule has 0 spiro atoms. The van der Waals surface area contributed by atoms with Gasteiger partial charge in [-0.05, 0) is 47.8 Å². The van der Waals surface area contributed by atoms with E-state index in [-0.39, 0.29) is 5.91 Å². The van der Waals surface area contributed by atoms with E-state index in [0.29, 0.717) is 23.3 Å². The number of carbonyl (C=O) groups excluding carboxylic acids is 2. The van der Waals surface area contributed by atoms with Gasteiger partial charge in [0.2, 0.25) is 0 Å². The molecule has 1 aliphatic heterocycles. The number of amides is 1. The fraction of sp³-hybridized carbons (Fsp3) is 0.455. The minimum atomic E-state index is -0.666. The Hall–Kier alpha value is -1.90. The van der Waals surface area contributed by atoms with Crippen molar-refractivity contribution >= 4 is 52.7 Å². The van der Waals surface area contributed by atoms with Gasteiger partial charge in [0.15, 0.2) is 0 Å². The minimum absolute atomic E-state index is 0.277. The predicted molar refractivity (Wildman–Crippen MR) is 128 cm³/mol. The third kappa shape index (κ3) is 5.83. The van der Waals surface area contributed by atoms with Crippen molar-refractivity contribution < 1.29 is 14.3 Å². The molecule has 30 heavy (non-hydrogen) atoms. The fourth-order valence-corrected chi connectivity index (χ4v) is 4.49. The monoisotopic (exact) mass is 447 g/mol. The van der Waals surface area contributed by atoms with Crippen LogP contribution < -0.4 is 16.0 Å². The van der Waals surface area contributed by atoms with Crippen molar-refractivity contribution in [1.29, 1.82) is 0 Å². The summed E-state index contributed by atoms with van der Waals surface area (Å²) >= 11 is 6.15. The van der Waals surface area contributed by atoms with Crippen LogP contribution in [0.2, 0.25) is 0 Å². The highest BCUT2D eigenvalue weighted by atomic mass is 32.2. The van der Waals surface area contributed by atoms with Gasteiger partial charge in [0.1, 0.15) is 6.04 Å². The van der Waals surface area contributed by atoms with Gasteiger partial charge in [-0.25, -0.2) is 4.79 Å². The number of methoxy groups -OCH3 is 1. The van der Waals surface area contributed by atoms with Crippen LogP contribution in [-0.2, 0) is 9.53 Å². The van der Waals surface area contributed by atoms with Gasteiger partial charge in [-0.2, -0.15) is 24.4 Å². The molecular weight excluding hydrogens is 418 g/mol. The van der Waals surface area contributed by atoms with Gasteiger partial charge < -0.3 is 20.7 Å². The van der Waals surface area contributed by atoms with Gasteiger partial charge in [0.25, 0.3) is 5.91 Å². The lowest BCUT2D eigenvalue weighted by molar-refractivity contribution is -0.142. The van der Waals surface area contributed by atoms with E-state index in [1.54, 1.807) is 11.8 Å². The zero-order valence-electron chi connectivity index (χ0n) is 17.3. The number of rotatable bonds is 9. The maximum atomic E-state index is 13.1. The number of carbonyl (C=O) groups is 2. The number of hydrogen-bond donors (Lipinski definition) is 4. The summed E-state index contributed by atoms with van der Waals surface area (Å²) in [6.45, 7) is 1.67. The van der Waals surface area contributed by atoms with Crippen LogP contribution in [0, 0.1) is 0 Å². The van der Waals surface area contributed by atoms with Gasteiger partial charge in [-0.15, -0.1) is 0 Å². The molecule has 6 nitrogen and oxygen atoms in total. The Morgan fingerprint density at radius 1 is 1.33 bits per heavy atom. The average Bonchev–Trinajstić information content (AvgIpc) is 3.18. The smallest absolute Gasteiger partial charge is 0.328 e. The zero-order valence-corrected chi connectivity index (χ0v) is 19.0. The van der Waals surface area contributed by atoms with Crippen LogP contribution in [0.1, 0.15) is 23.2 Å². The lowest BCUT2D eigenvalue weighted by Crippen LogP contribution is -2.42. The molecule has 162 valence electrons. The van der Waals surface area contributed by atoms with Crippen LogP contribution in [-0.4, -0.2) is 61.4 Å². The second-order valence-corrected chi connectivity index (χ2v) is 9.17. The van der Waals surface area contributed by atoms with E-state index in [0.717, 1.165) is 41.7 Å². The summed E-state index contributed by atoms with van der Waals surface area (Å²) in [5.41, 5.74) is 1.42. The molecule has 1 amide bonds. The molecule has 0 unspecified atom stereocenters. The van der Waals surface area contributed by atoms with E-state index in [4.69, 9.17) is 4.74 Å². The molecule has 2 aromatic carbocycles. The number of benzene rings is 2. The Balaban J connectivity index is 1.81. The van der Waals surface area contributed by atoms with Crippen molar-refractivity contribution in [2.75, 3.05) is 37.5 Å². The number of ether oxygens (including phenoxy) is 1. The van der Waals surface area contributed by atoms with E-state index in [2.05, 4.69) is 28.6 Å². The van der Waals surface area contributed by atoms with Crippen molar-refractivity contribution in [3.8, 4) is 0 Å². The molecule has 1 heterocycles. The van der Waals surface area contributed by atoms with Gasteiger partial charge in [0.05, 0.1) is 7.11 Å². The molecule has 1 saturated heterocycles. The molecule has 3 atom stereocenters. The summed E-state index contributed by atoms with van der Waals surface area (Å²) < 4.78 is 4.87. The third-order valence-electron chi connectivity index (χ3n) is 5.26. The van der Waals surface area contributed by atoms with Crippen molar-refractivity contribution in [2.24, 2.45) is 0 Å². The first-order valence-electron chi connectivity index (χ1n) is 10.1. The fourth-order valence-electron chi connectivity index (χ4n) is 3.66.